The molecule has 3 heteroatoms. The van der Waals surface area contributed by atoms with Crippen LogP contribution in [0, 0.1) is 5.92 Å². The van der Waals surface area contributed by atoms with E-state index in [1.54, 1.807) is 0 Å². The van der Waals surface area contributed by atoms with Gasteiger partial charge in [0.2, 0.25) is 0 Å². The van der Waals surface area contributed by atoms with Gasteiger partial charge in [-0.1, -0.05) is 58.0 Å². The van der Waals surface area contributed by atoms with Gasteiger partial charge in [-0.2, -0.15) is 0 Å². The van der Waals surface area contributed by atoms with E-state index >= 15 is 0 Å². The zero-order valence-electron chi connectivity index (χ0n) is 12.1. The Bertz CT molecular complexity index is 526. The first-order valence-corrected chi connectivity index (χ1v) is 6.91. The Labute approximate surface area is 115 Å². The van der Waals surface area contributed by atoms with E-state index in [1.165, 1.54) is 0 Å². The number of aromatic amines is 1. The summed E-state index contributed by atoms with van der Waals surface area (Å²) in [5, 5.41) is 0. The minimum Gasteiger partial charge on any atom is -0.344 e. The summed E-state index contributed by atoms with van der Waals surface area (Å²) in [6, 6.07) is 10.2. The highest BCUT2D eigenvalue weighted by atomic mass is 15.0. The maximum atomic E-state index is 6.20. The van der Waals surface area contributed by atoms with Crippen molar-refractivity contribution in [2.45, 2.75) is 39.7 Å². The number of nitrogens with two attached hydrogens (primary N) is 1. The van der Waals surface area contributed by atoms with E-state index < -0.39 is 0 Å². The topological polar surface area (TPSA) is 54.7 Å². The summed E-state index contributed by atoms with van der Waals surface area (Å²) >= 11 is 0. The number of hydrogen-bond acceptors (Lipinski definition) is 2. The van der Waals surface area contributed by atoms with Gasteiger partial charge in [-0.15, -0.1) is 0 Å². The first kappa shape index (κ1) is 13.8. The van der Waals surface area contributed by atoms with Crippen molar-refractivity contribution < 1.29 is 0 Å². The number of hydrogen-bond donors (Lipinski definition) is 2. The number of nitrogens with zero attached hydrogens (tertiary/aromatic N) is 1. The van der Waals surface area contributed by atoms with Crippen LogP contribution >= 0.6 is 0 Å². The van der Waals surface area contributed by atoms with Crippen LogP contribution in [-0.2, 0) is 0 Å². The average molecular weight is 257 g/mol. The number of aromatic nitrogens is 2. The number of rotatable bonds is 4. The van der Waals surface area contributed by atoms with Crippen molar-refractivity contribution in [1.82, 2.24) is 9.97 Å². The summed E-state index contributed by atoms with van der Waals surface area (Å²) in [6.45, 7) is 8.57. The van der Waals surface area contributed by atoms with Crippen molar-refractivity contribution in [3.63, 3.8) is 0 Å². The Hall–Kier alpha value is -1.61. The van der Waals surface area contributed by atoms with E-state index in [0.29, 0.717) is 11.8 Å². The molecule has 3 N–H and O–H groups in total. The van der Waals surface area contributed by atoms with E-state index in [4.69, 9.17) is 10.7 Å². The molecule has 2 rings (SSSR count). The van der Waals surface area contributed by atoms with Crippen LogP contribution < -0.4 is 5.73 Å². The summed E-state index contributed by atoms with van der Waals surface area (Å²) in [5.74, 6) is 1.66. The van der Waals surface area contributed by atoms with Gasteiger partial charge in [0.15, 0.2) is 0 Å². The molecule has 2 aromatic rings. The highest BCUT2D eigenvalue weighted by Crippen LogP contribution is 2.29. The van der Waals surface area contributed by atoms with Crippen LogP contribution in [0.5, 0.6) is 0 Å². The Morgan fingerprint density at radius 3 is 2.21 bits per heavy atom. The molecule has 0 radical (unpaired) electrons. The Kier molecular flexibility index (Phi) is 4.05. The van der Waals surface area contributed by atoms with E-state index in [1.807, 2.05) is 18.2 Å². The van der Waals surface area contributed by atoms with Gasteiger partial charge in [-0.05, 0) is 11.8 Å². The molecule has 0 fully saturated rings. The first-order valence-electron chi connectivity index (χ1n) is 6.91. The molecule has 0 aliphatic heterocycles. The molecule has 1 aromatic carbocycles. The van der Waals surface area contributed by atoms with Gasteiger partial charge in [0.05, 0.1) is 11.7 Å². The van der Waals surface area contributed by atoms with Crippen LogP contribution in [0.1, 0.15) is 51.2 Å². The quantitative estimate of drug-likeness (QED) is 0.874. The molecule has 0 bridgehead atoms. The van der Waals surface area contributed by atoms with Gasteiger partial charge in [0, 0.05) is 11.3 Å². The molecule has 1 unspecified atom stereocenters. The largest absolute Gasteiger partial charge is 0.344 e. The van der Waals surface area contributed by atoms with Crippen molar-refractivity contribution >= 4 is 0 Å². The van der Waals surface area contributed by atoms with Crippen LogP contribution in [0.15, 0.2) is 30.3 Å². The zero-order valence-corrected chi connectivity index (χ0v) is 12.1. The maximum Gasteiger partial charge on any atom is 0.124 e. The minimum absolute atomic E-state index is 0.0463. The number of H-pyrrole nitrogens is 1. The first-order chi connectivity index (χ1) is 9.00. The van der Waals surface area contributed by atoms with Crippen molar-refractivity contribution in [2.75, 3.05) is 0 Å². The Morgan fingerprint density at radius 2 is 1.68 bits per heavy atom. The van der Waals surface area contributed by atoms with Crippen LogP contribution in [0.4, 0.5) is 0 Å². The smallest absolute Gasteiger partial charge is 0.124 e. The molecule has 0 saturated heterocycles. The zero-order chi connectivity index (χ0) is 14.0. The summed E-state index contributed by atoms with van der Waals surface area (Å²) in [4.78, 5) is 8.17. The Balaban J connectivity index is 2.48. The second kappa shape index (κ2) is 5.57. The SMILES string of the molecule is CC(C)c1[nH]c(C(N)C(C)C)nc1-c1ccccc1. The number of imidazole rings is 1. The molecule has 102 valence electrons. The van der Waals surface area contributed by atoms with Crippen molar-refractivity contribution in [3.8, 4) is 11.3 Å². The molecule has 0 saturated carbocycles. The van der Waals surface area contributed by atoms with Gasteiger partial charge in [0.25, 0.3) is 0 Å². The fourth-order valence-electron chi connectivity index (χ4n) is 2.11. The van der Waals surface area contributed by atoms with Crippen LogP contribution in [0.2, 0.25) is 0 Å². The van der Waals surface area contributed by atoms with E-state index in [-0.39, 0.29) is 6.04 Å². The third-order valence-electron chi connectivity index (χ3n) is 3.41. The lowest BCUT2D eigenvalue weighted by Crippen LogP contribution is -2.18. The standard InChI is InChI=1S/C16H23N3/c1-10(2)13(17)16-18-14(11(3)4)15(19-16)12-8-6-5-7-9-12/h5-11,13H,17H2,1-4H3,(H,18,19). The lowest BCUT2D eigenvalue weighted by molar-refractivity contribution is 0.493. The molecule has 19 heavy (non-hydrogen) atoms. The van der Waals surface area contributed by atoms with Crippen LogP contribution in [0.25, 0.3) is 11.3 Å². The van der Waals surface area contributed by atoms with Gasteiger partial charge < -0.3 is 10.7 Å². The van der Waals surface area contributed by atoms with E-state index in [0.717, 1.165) is 22.8 Å². The van der Waals surface area contributed by atoms with E-state index in [9.17, 15) is 0 Å². The molecule has 0 amide bonds. The molecule has 0 aliphatic carbocycles. The van der Waals surface area contributed by atoms with Gasteiger partial charge in [-0.3, -0.25) is 0 Å². The number of benzene rings is 1. The molecular weight excluding hydrogens is 234 g/mol. The Morgan fingerprint density at radius 1 is 1.05 bits per heavy atom. The lowest BCUT2D eigenvalue weighted by Gasteiger charge is -2.12. The molecule has 0 spiro atoms. The summed E-state index contributed by atoms with van der Waals surface area (Å²) in [7, 11) is 0. The van der Waals surface area contributed by atoms with Crippen molar-refractivity contribution in [2.24, 2.45) is 11.7 Å². The second-order valence-corrected chi connectivity index (χ2v) is 5.67. The predicted octanol–water partition coefficient (Wildman–Crippen LogP) is 3.86. The van der Waals surface area contributed by atoms with Crippen LogP contribution in [-0.4, -0.2) is 9.97 Å². The third kappa shape index (κ3) is 2.87. The molecule has 3 nitrogen and oxygen atoms in total. The summed E-state index contributed by atoms with van der Waals surface area (Å²) < 4.78 is 0. The molecule has 0 aliphatic rings. The minimum atomic E-state index is -0.0463. The van der Waals surface area contributed by atoms with Crippen LogP contribution in [0.3, 0.4) is 0 Å². The maximum absolute atomic E-state index is 6.20. The van der Waals surface area contributed by atoms with Gasteiger partial charge in [0.1, 0.15) is 5.82 Å². The summed E-state index contributed by atoms with van der Waals surface area (Å²) in [6.07, 6.45) is 0. The molecular formula is C16H23N3. The predicted molar refractivity (Wildman–Crippen MR) is 79.9 cm³/mol. The fourth-order valence-corrected chi connectivity index (χ4v) is 2.11. The summed E-state index contributed by atoms with van der Waals surface area (Å²) in [5.41, 5.74) is 9.54. The average Bonchev–Trinajstić information content (AvgIpc) is 2.83. The second-order valence-electron chi connectivity index (χ2n) is 5.67. The highest BCUT2D eigenvalue weighted by Gasteiger charge is 2.20. The lowest BCUT2D eigenvalue weighted by atomic mass is 10.0. The van der Waals surface area contributed by atoms with Gasteiger partial charge >= 0.3 is 0 Å². The fraction of sp³-hybridized carbons (Fsp3) is 0.438. The highest BCUT2D eigenvalue weighted by molar-refractivity contribution is 5.62. The van der Waals surface area contributed by atoms with E-state index in [2.05, 4.69) is 44.8 Å². The van der Waals surface area contributed by atoms with Crippen molar-refractivity contribution in [3.05, 3.63) is 41.9 Å². The third-order valence-corrected chi connectivity index (χ3v) is 3.41. The molecule has 1 heterocycles. The monoisotopic (exact) mass is 257 g/mol. The van der Waals surface area contributed by atoms with Crippen molar-refractivity contribution in [1.29, 1.82) is 0 Å². The normalized spacial score (nSPS) is 13.2. The molecule has 1 aromatic heterocycles. The number of nitrogens with one attached hydrogen (secondary N) is 1. The van der Waals surface area contributed by atoms with Gasteiger partial charge in [-0.25, -0.2) is 4.98 Å². The molecule has 1 atom stereocenters.